The van der Waals surface area contributed by atoms with Crippen molar-refractivity contribution in [3.8, 4) is 0 Å². The maximum Gasteiger partial charge on any atom is 0.317 e. The van der Waals surface area contributed by atoms with Crippen LogP contribution in [0.2, 0.25) is 0 Å². The van der Waals surface area contributed by atoms with Gasteiger partial charge >= 0.3 is 5.97 Å². The fourth-order valence-electron chi connectivity index (χ4n) is 2.16. The van der Waals surface area contributed by atoms with Gasteiger partial charge < -0.3 is 15.3 Å². The molecule has 0 spiro atoms. The molecule has 16 heavy (non-hydrogen) atoms. The van der Waals surface area contributed by atoms with Gasteiger partial charge in [0, 0.05) is 26.1 Å². The molecule has 0 bridgehead atoms. The van der Waals surface area contributed by atoms with Gasteiger partial charge in [0.2, 0.25) is 5.91 Å². The molecule has 0 atom stereocenters. The zero-order chi connectivity index (χ0) is 12.1. The van der Waals surface area contributed by atoms with Crippen molar-refractivity contribution < 1.29 is 14.7 Å². The van der Waals surface area contributed by atoms with Gasteiger partial charge in [0.1, 0.15) is 0 Å². The molecule has 0 saturated heterocycles. The smallest absolute Gasteiger partial charge is 0.317 e. The Morgan fingerprint density at radius 2 is 1.88 bits per heavy atom. The summed E-state index contributed by atoms with van der Waals surface area (Å²) < 4.78 is 0. The molecule has 1 fully saturated rings. The van der Waals surface area contributed by atoms with Crippen molar-refractivity contribution >= 4 is 11.9 Å². The first-order chi connectivity index (χ1) is 7.50. The Morgan fingerprint density at radius 3 is 2.31 bits per heavy atom. The van der Waals surface area contributed by atoms with Gasteiger partial charge in [0.25, 0.3) is 0 Å². The molecule has 0 heterocycles. The van der Waals surface area contributed by atoms with Crippen molar-refractivity contribution in [3.63, 3.8) is 0 Å². The molecule has 0 radical (unpaired) electrons. The molecule has 92 valence electrons. The molecule has 1 saturated carbocycles. The minimum Gasteiger partial charge on any atom is -0.480 e. The van der Waals surface area contributed by atoms with Gasteiger partial charge in [0.15, 0.2) is 0 Å². The highest BCUT2D eigenvalue weighted by Gasteiger charge is 2.24. The van der Waals surface area contributed by atoms with E-state index in [1.807, 2.05) is 7.05 Å². The van der Waals surface area contributed by atoms with E-state index in [2.05, 4.69) is 5.32 Å². The van der Waals surface area contributed by atoms with Crippen molar-refractivity contribution in [1.29, 1.82) is 0 Å². The maximum atomic E-state index is 11.2. The lowest BCUT2D eigenvalue weighted by Crippen LogP contribution is -2.43. The van der Waals surface area contributed by atoms with Crippen LogP contribution in [0.4, 0.5) is 0 Å². The molecule has 1 amide bonds. The highest BCUT2D eigenvalue weighted by atomic mass is 16.4. The highest BCUT2D eigenvalue weighted by molar-refractivity contribution is 5.73. The van der Waals surface area contributed by atoms with Crippen LogP contribution < -0.4 is 5.32 Å². The summed E-state index contributed by atoms with van der Waals surface area (Å²) in [6.07, 6.45) is 3.78. The Hall–Kier alpha value is -1.10. The van der Waals surface area contributed by atoms with Crippen LogP contribution in [0.1, 0.15) is 32.6 Å². The lowest BCUT2D eigenvalue weighted by Gasteiger charge is -2.34. The number of amides is 1. The third-order valence-corrected chi connectivity index (χ3v) is 3.28. The standard InChI is InChI=1S/C11H20N2O3/c1-8(14)13(2)10-5-3-9(4-6-10)12-7-11(15)16/h9-10,12H,3-7H2,1-2H3,(H,15,16). The summed E-state index contributed by atoms with van der Waals surface area (Å²) >= 11 is 0. The van der Waals surface area contributed by atoms with Gasteiger partial charge in [-0.05, 0) is 25.7 Å². The third-order valence-electron chi connectivity index (χ3n) is 3.28. The maximum absolute atomic E-state index is 11.2. The van der Waals surface area contributed by atoms with E-state index >= 15 is 0 Å². The molecule has 1 aliphatic rings. The minimum absolute atomic E-state index is 0.0257. The Kier molecular flexibility index (Phi) is 4.73. The first-order valence-electron chi connectivity index (χ1n) is 5.69. The molecule has 1 aliphatic carbocycles. The first-order valence-corrected chi connectivity index (χ1v) is 5.69. The summed E-state index contributed by atoms with van der Waals surface area (Å²) in [6, 6.07) is 0.605. The van der Waals surface area contributed by atoms with E-state index < -0.39 is 5.97 Å². The molecule has 0 aromatic carbocycles. The van der Waals surface area contributed by atoms with E-state index in [9.17, 15) is 9.59 Å². The number of hydrogen-bond donors (Lipinski definition) is 2. The van der Waals surface area contributed by atoms with Crippen LogP contribution in [-0.4, -0.2) is 47.6 Å². The quantitative estimate of drug-likeness (QED) is 0.733. The van der Waals surface area contributed by atoms with E-state index in [-0.39, 0.29) is 18.5 Å². The van der Waals surface area contributed by atoms with Crippen molar-refractivity contribution in [1.82, 2.24) is 10.2 Å². The largest absolute Gasteiger partial charge is 0.480 e. The number of nitrogens with one attached hydrogen (secondary N) is 1. The van der Waals surface area contributed by atoms with Gasteiger partial charge in [-0.3, -0.25) is 9.59 Å². The molecule has 1 rings (SSSR count). The average Bonchev–Trinajstić information content (AvgIpc) is 2.26. The second kappa shape index (κ2) is 5.84. The lowest BCUT2D eigenvalue weighted by atomic mass is 9.90. The number of aliphatic carboxylic acids is 1. The lowest BCUT2D eigenvalue weighted by molar-refractivity contribution is -0.136. The number of hydrogen-bond acceptors (Lipinski definition) is 3. The van der Waals surface area contributed by atoms with Crippen LogP contribution in [0.5, 0.6) is 0 Å². The summed E-state index contributed by atoms with van der Waals surface area (Å²) in [5.41, 5.74) is 0. The Balaban J connectivity index is 2.28. The van der Waals surface area contributed by atoms with Crippen molar-refractivity contribution in [2.24, 2.45) is 0 Å². The zero-order valence-corrected chi connectivity index (χ0v) is 9.90. The van der Waals surface area contributed by atoms with Crippen LogP contribution in [0, 0.1) is 0 Å². The Labute approximate surface area is 95.8 Å². The second-order valence-electron chi connectivity index (χ2n) is 4.41. The molecule has 0 aromatic heterocycles. The Bertz CT molecular complexity index is 260. The second-order valence-corrected chi connectivity index (χ2v) is 4.41. The normalized spacial score (nSPS) is 25.1. The summed E-state index contributed by atoms with van der Waals surface area (Å²) in [6.45, 7) is 1.60. The molecular formula is C11H20N2O3. The van der Waals surface area contributed by atoms with Crippen molar-refractivity contribution in [2.75, 3.05) is 13.6 Å². The topological polar surface area (TPSA) is 69.6 Å². The van der Waals surface area contributed by atoms with E-state index in [4.69, 9.17) is 5.11 Å². The molecular weight excluding hydrogens is 208 g/mol. The van der Waals surface area contributed by atoms with Crippen molar-refractivity contribution in [3.05, 3.63) is 0 Å². The average molecular weight is 228 g/mol. The predicted octanol–water partition coefficient (Wildman–Crippen LogP) is 0.450. The van der Waals surface area contributed by atoms with E-state index in [1.165, 1.54) is 0 Å². The molecule has 0 aliphatic heterocycles. The van der Waals surface area contributed by atoms with E-state index in [1.54, 1.807) is 11.8 Å². The molecule has 5 nitrogen and oxygen atoms in total. The number of carbonyl (C=O) groups is 2. The number of carbonyl (C=O) groups excluding carboxylic acids is 1. The SMILES string of the molecule is CC(=O)N(C)C1CCC(NCC(=O)O)CC1. The fraction of sp³-hybridized carbons (Fsp3) is 0.818. The monoisotopic (exact) mass is 228 g/mol. The summed E-state index contributed by atoms with van der Waals surface area (Å²) in [4.78, 5) is 23.3. The first kappa shape index (κ1) is 13.0. The zero-order valence-electron chi connectivity index (χ0n) is 9.90. The molecule has 5 heteroatoms. The number of rotatable bonds is 4. The van der Waals surface area contributed by atoms with Crippen LogP contribution in [0.3, 0.4) is 0 Å². The van der Waals surface area contributed by atoms with Gasteiger partial charge in [-0.1, -0.05) is 0 Å². The van der Waals surface area contributed by atoms with Gasteiger partial charge in [-0.2, -0.15) is 0 Å². The number of carboxylic acid groups (broad SMARTS) is 1. The minimum atomic E-state index is -0.817. The Morgan fingerprint density at radius 1 is 1.31 bits per heavy atom. The summed E-state index contributed by atoms with van der Waals surface area (Å²) in [5.74, 6) is -0.718. The van der Waals surface area contributed by atoms with Gasteiger partial charge in [-0.15, -0.1) is 0 Å². The van der Waals surface area contributed by atoms with Crippen LogP contribution in [0.25, 0.3) is 0 Å². The molecule has 2 N–H and O–H groups in total. The highest BCUT2D eigenvalue weighted by Crippen LogP contribution is 2.22. The van der Waals surface area contributed by atoms with Crippen LogP contribution >= 0.6 is 0 Å². The fourth-order valence-corrected chi connectivity index (χ4v) is 2.16. The van der Waals surface area contributed by atoms with Gasteiger partial charge in [-0.25, -0.2) is 0 Å². The summed E-state index contributed by atoms with van der Waals surface area (Å²) in [7, 11) is 1.83. The molecule has 0 aromatic rings. The van der Waals surface area contributed by atoms with E-state index in [0.29, 0.717) is 6.04 Å². The van der Waals surface area contributed by atoms with Crippen LogP contribution in [-0.2, 0) is 9.59 Å². The predicted molar refractivity (Wildman–Crippen MR) is 60.1 cm³/mol. The molecule has 0 unspecified atom stereocenters. The van der Waals surface area contributed by atoms with Gasteiger partial charge in [0.05, 0.1) is 6.54 Å². The van der Waals surface area contributed by atoms with Crippen molar-refractivity contribution in [2.45, 2.75) is 44.7 Å². The van der Waals surface area contributed by atoms with Crippen LogP contribution in [0.15, 0.2) is 0 Å². The number of carboxylic acids is 1. The third kappa shape index (κ3) is 3.81. The van der Waals surface area contributed by atoms with E-state index in [0.717, 1.165) is 25.7 Å². The summed E-state index contributed by atoms with van der Waals surface area (Å²) in [5, 5.41) is 11.5. The number of nitrogens with zero attached hydrogens (tertiary/aromatic N) is 1.